The number of rotatable bonds is 0. The van der Waals surface area contributed by atoms with Crippen LogP contribution in [0.15, 0.2) is 45.4 Å². The molecule has 0 bridgehead atoms. The van der Waals surface area contributed by atoms with E-state index >= 15 is 0 Å². The zero-order valence-electron chi connectivity index (χ0n) is 8.19. The summed E-state index contributed by atoms with van der Waals surface area (Å²) in [7, 11) is 0. The Balaban J connectivity index is 2.88. The van der Waals surface area contributed by atoms with Gasteiger partial charge in [-0.05, 0) is 0 Å². The SMILES string of the molecule is O=c1c2[nH]ccsc=2c(=O)c2ccccc12. The average molecular weight is 229 g/mol. The van der Waals surface area contributed by atoms with Gasteiger partial charge in [-0.15, -0.1) is 11.3 Å². The molecular formula is C12H7NO2S. The molecule has 1 aromatic rings. The van der Waals surface area contributed by atoms with Crippen LogP contribution in [0.4, 0.5) is 0 Å². The molecule has 0 atom stereocenters. The van der Waals surface area contributed by atoms with Gasteiger partial charge >= 0.3 is 0 Å². The van der Waals surface area contributed by atoms with Crippen LogP contribution in [0, 0.1) is 9.88 Å². The van der Waals surface area contributed by atoms with Crippen LogP contribution in [0.3, 0.4) is 0 Å². The Kier molecular flexibility index (Phi) is 1.91. The predicted molar refractivity (Wildman–Crippen MR) is 64.0 cm³/mol. The van der Waals surface area contributed by atoms with Gasteiger partial charge in [0.15, 0.2) is 0 Å². The normalized spacial score (nSPS) is 11.0. The van der Waals surface area contributed by atoms with E-state index in [9.17, 15) is 9.59 Å². The Morgan fingerprint density at radius 3 is 2.44 bits per heavy atom. The zero-order chi connectivity index (χ0) is 11.1. The lowest BCUT2D eigenvalue weighted by molar-refractivity contribution is 1.23. The molecule has 0 saturated heterocycles. The monoisotopic (exact) mass is 229 g/mol. The molecule has 1 aliphatic carbocycles. The summed E-state index contributed by atoms with van der Waals surface area (Å²) >= 11 is 1.29. The maximum Gasteiger partial charge on any atom is 0.211 e. The third-order valence-electron chi connectivity index (χ3n) is 2.56. The van der Waals surface area contributed by atoms with E-state index in [1.165, 1.54) is 11.3 Å². The van der Waals surface area contributed by atoms with Crippen LogP contribution in [-0.4, -0.2) is 4.98 Å². The van der Waals surface area contributed by atoms with Gasteiger partial charge in [0.05, 0.1) is 0 Å². The van der Waals surface area contributed by atoms with Crippen molar-refractivity contribution in [3.05, 3.63) is 66.2 Å². The highest BCUT2D eigenvalue weighted by molar-refractivity contribution is 7.07. The number of nitrogens with one attached hydrogen (secondary N) is 1. The van der Waals surface area contributed by atoms with Gasteiger partial charge in [0, 0.05) is 22.3 Å². The molecule has 0 aromatic heterocycles. The molecule has 78 valence electrons. The Morgan fingerprint density at radius 2 is 1.69 bits per heavy atom. The second-order valence-corrected chi connectivity index (χ2v) is 4.39. The van der Waals surface area contributed by atoms with Gasteiger partial charge in [-0.3, -0.25) is 9.59 Å². The molecule has 2 aliphatic rings. The number of aromatic amines is 1. The number of benzene rings is 1. The quantitative estimate of drug-likeness (QED) is 0.637. The Morgan fingerprint density at radius 1 is 1.00 bits per heavy atom. The summed E-state index contributed by atoms with van der Waals surface area (Å²) in [6, 6.07) is 6.91. The van der Waals surface area contributed by atoms with Crippen molar-refractivity contribution >= 4 is 22.1 Å². The summed E-state index contributed by atoms with van der Waals surface area (Å²) in [5.74, 6) is 0. The average Bonchev–Trinajstić information content (AvgIpc) is 2.36. The van der Waals surface area contributed by atoms with Crippen molar-refractivity contribution in [2.45, 2.75) is 0 Å². The van der Waals surface area contributed by atoms with E-state index in [4.69, 9.17) is 0 Å². The summed E-state index contributed by atoms with van der Waals surface area (Å²) < 4.78 is 0.492. The molecule has 0 amide bonds. The number of hydrogen-bond donors (Lipinski definition) is 1. The summed E-state index contributed by atoms with van der Waals surface area (Å²) in [4.78, 5) is 27.0. The maximum absolute atomic E-state index is 12.1. The summed E-state index contributed by atoms with van der Waals surface area (Å²) in [6.45, 7) is 0. The van der Waals surface area contributed by atoms with E-state index in [1.54, 1.807) is 35.8 Å². The minimum Gasteiger partial charge on any atom is -0.356 e. The van der Waals surface area contributed by atoms with Crippen molar-refractivity contribution in [3.63, 3.8) is 0 Å². The number of fused-ring (bicyclic) bond motifs is 1. The van der Waals surface area contributed by atoms with Crippen LogP contribution >= 0.6 is 11.3 Å². The zero-order valence-corrected chi connectivity index (χ0v) is 9.01. The van der Waals surface area contributed by atoms with Crippen molar-refractivity contribution in [2.24, 2.45) is 0 Å². The first-order valence-electron chi connectivity index (χ1n) is 4.80. The largest absolute Gasteiger partial charge is 0.356 e. The second-order valence-electron chi connectivity index (χ2n) is 3.47. The van der Waals surface area contributed by atoms with Gasteiger partial charge in [-0.25, -0.2) is 0 Å². The van der Waals surface area contributed by atoms with Crippen molar-refractivity contribution in [2.75, 3.05) is 0 Å². The molecule has 1 N–H and O–H groups in total. The highest BCUT2D eigenvalue weighted by Gasteiger charge is 2.06. The predicted octanol–water partition coefficient (Wildman–Crippen LogP) is 1.67. The van der Waals surface area contributed by atoms with Gasteiger partial charge in [-0.1, -0.05) is 24.3 Å². The van der Waals surface area contributed by atoms with Crippen LogP contribution in [0.25, 0.3) is 10.8 Å². The van der Waals surface area contributed by atoms with Crippen LogP contribution in [-0.2, 0) is 0 Å². The molecule has 0 fully saturated rings. The molecule has 3 rings (SSSR count). The molecule has 0 unspecified atom stereocenters. The fourth-order valence-electron chi connectivity index (χ4n) is 1.82. The number of hydrogen-bond acceptors (Lipinski definition) is 3. The Hall–Kier alpha value is -1.94. The molecule has 4 heteroatoms. The van der Waals surface area contributed by atoms with Crippen LogP contribution in [0.1, 0.15) is 0 Å². The summed E-state index contributed by atoms with van der Waals surface area (Å²) in [5.41, 5.74) is -0.186. The lowest BCUT2D eigenvalue weighted by atomic mass is 10.1. The fraction of sp³-hybridized carbons (Fsp3) is 0. The van der Waals surface area contributed by atoms with Gasteiger partial charge in [0.2, 0.25) is 10.9 Å². The van der Waals surface area contributed by atoms with E-state index in [0.29, 0.717) is 20.7 Å². The highest BCUT2D eigenvalue weighted by atomic mass is 32.1. The number of H-pyrrole nitrogens is 1. The molecule has 1 aliphatic heterocycles. The third-order valence-corrected chi connectivity index (χ3v) is 3.46. The highest BCUT2D eigenvalue weighted by Crippen LogP contribution is 2.06. The third kappa shape index (κ3) is 1.13. The number of aromatic nitrogens is 1. The molecule has 16 heavy (non-hydrogen) atoms. The molecule has 3 nitrogen and oxygen atoms in total. The van der Waals surface area contributed by atoms with Gasteiger partial charge in [0.1, 0.15) is 9.88 Å². The minimum absolute atomic E-state index is 0.0768. The molecule has 0 saturated carbocycles. The van der Waals surface area contributed by atoms with Crippen molar-refractivity contribution in [1.29, 1.82) is 0 Å². The van der Waals surface area contributed by atoms with E-state index < -0.39 is 0 Å². The second kappa shape index (κ2) is 3.28. The van der Waals surface area contributed by atoms with Crippen LogP contribution < -0.4 is 10.9 Å². The van der Waals surface area contributed by atoms with Gasteiger partial charge in [0.25, 0.3) is 0 Å². The van der Waals surface area contributed by atoms with Crippen molar-refractivity contribution in [3.8, 4) is 0 Å². The van der Waals surface area contributed by atoms with Crippen molar-refractivity contribution < 1.29 is 0 Å². The summed E-state index contributed by atoms with van der Waals surface area (Å²) in [6.07, 6.45) is 1.67. The minimum atomic E-state index is -0.109. The molecule has 0 radical (unpaired) electrons. The van der Waals surface area contributed by atoms with Crippen LogP contribution in [0.2, 0.25) is 0 Å². The topological polar surface area (TPSA) is 49.9 Å². The maximum atomic E-state index is 12.1. The molecule has 1 heterocycles. The lowest BCUT2D eigenvalue weighted by Crippen LogP contribution is -2.15. The van der Waals surface area contributed by atoms with E-state index in [2.05, 4.69) is 4.98 Å². The smallest absolute Gasteiger partial charge is 0.211 e. The van der Waals surface area contributed by atoms with Gasteiger partial charge in [-0.2, -0.15) is 0 Å². The fourth-order valence-corrected chi connectivity index (χ4v) is 2.57. The molecule has 1 aromatic carbocycles. The molecule has 0 spiro atoms. The first-order valence-corrected chi connectivity index (χ1v) is 5.68. The van der Waals surface area contributed by atoms with E-state index in [0.717, 1.165) is 0 Å². The first kappa shape index (κ1) is 9.30. The Labute approximate surface area is 93.7 Å². The van der Waals surface area contributed by atoms with E-state index in [-0.39, 0.29) is 10.9 Å². The Bertz CT molecular complexity index is 776. The van der Waals surface area contributed by atoms with Crippen molar-refractivity contribution in [1.82, 2.24) is 4.98 Å². The van der Waals surface area contributed by atoms with E-state index in [1.807, 2.05) is 0 Å². The summed E-state index contributed by atoms with van der Waals surface area (Å²) in [5, 5.41) is 3.14. The van der Waals surface area contributed by atoms with Gasteiger partial charge < -0.3 is 4.98 Å². The standard InChI is InChI=1S/C12H7NO2S/c14-10-7-3-1-2-4-8(7)11(15)12-9(10)13-5-6-16-12/h1-6,13H. The van der Waals surface area contributed by atoms with Crippen LogP contribution in [0.5, 0.6) is 0 Å². The molecular weight excluding hydrogens is 222 g/mol. The lowest BCUT2D eigenvalue weighted by Gasteiger charge is -1.96. The first-order chi connectivity index (χ1) is 7.79.